The van der Waals surface area contributed by atoms with E-state index in [2.05, 4.69) is 10.3 Å². The zero-order valence-corrected chi connectivity index (χ0v) is 15.5. The molecule has 134 valence electrons. The lowest BCUT2D eigenvalue weighted by atomic mass is 10.1. The highest BCUT2D eigenvalue weighted by Gasteiger charge is 2.22. The third kappa shape index (κ3) is 5.11. The molecule has 6 nitrogen and oxygen atoms in total. The Morgan fingerprint density at radius 1 is 1.20 bits per heavy atom. The van der Waals surface area contributed by atoms with Crippen LogP contribution in [0.25, 0.3) is 0 Å². The van der Waals surface area contributed by atoms with Crippen molar-refractivity contribution in [3.63, 3.8) is 0 Å². The summed E-state index contributed by atoms with van der Waals surface area (Å²) in [6.45, 7) is 3.63. The molecule has 1 aromatic carbocycles. The molecule has 0 saturated heterocycles. The molecule has 1 N–H and O–H groups in total. The lowest BCUT2D eigenvalue weighted by molar-refractivity contribution is -0.116. The monoisotopic (exact) mass is 361 g/mol. The van der Waals surface area contributed by atoms with Crippen LogP contribution in [-0.2, 0) is 21.2 Å². The minimum absolute atomic E-state index is 0.126. The van der Waals surface area contributed by atoms with Gasteiger partial charge in [0.15, 0.2) is 0 Å². The van der Waals surface area contributed by atoms with E-state index in [0.29, 0.717) is 18.5 Å². The van der Waals surface area contributed by atoms with Crippen LogP contribution in [-0.4, -0.2) is 36.7 Å². The number of sulfonamides is 1. The van der Waals surface area contributed by atoms with Crippen LogP contribution in [0.5, 0.6) is 0 Å². The average Bonchev–Trinajstić information content (AvgIpc) is 2.60. The van der Waals surface area contributed by atoms with Gasteiger partial charge >= 0.3 is 0 Å². The second kappa shape index (κ2) is 8.22. The second-order valence-electron chi connectivity index (χ2n) is 6.05. The molecule has 7 heteroatoms. The van der Waals surface area contributed by atoms with Crippen LogP contribution in [0.2, 0.25) is 0 Å². The van der Waals surface area contributed by atoms with Crippen molar-refractivity contribution in [3.05, 3.63) is 54.4 Å². The summed E-state index contributed by atoms with van der Waals surface area (Å²) in [6, 6.07) is 9.84. The van der Waals surface area contributed by atoms with Crippen molar-refractivity contribution >= 4 is 21.6 Å². The quantitative estimate of drug-likeness (QED) is 0.822. The molecule has 1 aromatic heterocycles. The van der Waals surface area contributed by atoms with E-state index in [1.807, 2.05) is 26.0 Å². The molecule has 0 bridgehead atoms. The van der Waals surface area contributed by atoms with Crippen LogP contribution in [0.3, 0.4) is 0 Å². The number of anilines is 1. The Balaban J connectivity index is 1.97. The summed E-state index contributed by atoms with van der Waals surface area (Å²) in [5.41, 5.74) is 1.57. The third-order valence-electron chi connectivity index (χ3n) is 3.91. The van der Waals surface area contributed by atoms with E-state index >= 15 is 0 Å². The Bertz CT molecular complexity index is 803. The lowest BCUT2D eigenvalue weighted by Gasteiger charge is -2.21. The summed E-state index contributed by atoms with van der Waals surface area (Å²) in [4.78, 5) is 16.2. The molecule has 1 amide bonds. The molecule has 0 aliphatic rings. The van der Waals surface area contributed by atoms with Gasteiger partial charge in [-0.2, -0.15) is 4.31 Å². The summed E-state index contributed by atoms with van der Waals surface area (Å²) in [5.74, 6) is -0.126. The van der Waals surface area contributed by atoms with Crippen molar-refractivity contribution in [1.82, 2.24) is 9.29 Å². The maximum Gasteiger partial charge on any atom is 0.243 e. The van der Waals surface area contributed by atoms with E-state index in [4.69, 9.17) is 0 Å². The predicted octanol–water partition coefficient (Wildman–Crippen LogP) is 2.68. The molecule has 0 spiro atoms. The van der Waals surface area contributed by atoms with E-state index in [-0.39, 0.29) is 16.8 Å². The Labute approximate surface area is 148 Å². The first-order valence-corrected chi connectivity index (χ1v) is 9.51. The van der Waals surface area contributed by atoms with Gasteiger partial charge in [-0.25, -0.2) is 8.42 Å². The maximum absolute atomic E-state index is 12.4. The number of nitrogens with zero attached hydrogens (tertiary/aromatic N) is 2. The fourth-order valence-electron chi connectivity index (χ4n) is 2.18. The van der Waals surface area contributed by atoms with Gasteiger partial charge in [-0.15, -0.1) is 0 Å². The number of carbonyl (C=O) groups is 1. The Kier molecular flexibility index (Phi) is 6.27. The van der Waals surface area contributed by atoms with Crippen LogP contribution in [0.1, 0.15) is 25.8 Å². The Morgan fingerprint density at radius 2 is 1.88 bits per heavy atom. The molecule has 0 fully saturated rings. The molecule has 0 aliphatic carbocycles. The van der Waals surface area contributed by atoms with Crippen molar-refractivity contribution in [2.75, 3.05) is 12.4 Å². The Morgan fingerprint density at radius 3 is 2.44 bits per heavy atom. The number of pyridine rings is 1. The minimum atomic E-state index is -3.52. The van der Waals surface area contributed by atoms with Gasteiger partial charge in [0.25, 0.3) is 0 Å². The number of rotatable bonds is 7. The normalized spacial score (nSPS) is 11.7. The molecule has 2 aromatic rings. The summed E-state index contributed by atoms with van der Waals surface area (Å²) in [6.07, 6.45) is 4.36. The van der Waals surface area contributed by atoms with Gasteiger partial charge < -0.3 is 5.32 Å². The number of nitrogens with one attached hydrogen (secondary N) is 1. The van der Waals surface area contributed by atoms with Crippen molar-refractivity contribution in [2.24, 2.45) is 0 Å². The van der Waals surface area contributed by atoms with Gasteiger partial charge in [-0.1, -0.05) is 6.07 Å². The molecule has 0 atom stereocenters. The molecule has 0 radical (unpaired) electrons. The number of hydrogen-bond acceptors (Lipinski definition) is 4. The number of aromatic nitrogens is 1. The third-order valence-corrected chi connectivity index (χ3v) is 5.95. The molecule has 1 heterocycles. The van der Waals surface area contributed by atoms with Crippen molar-refractivity contribution < 1.29 is 13.2 Å². The molecular weight excluding hydrogens is 338 g/mol. The van der Waals surface area contributed by atoms with E-state index in [1.165, 1.54) is 16.4 Å². The topological polar surface area (TPSA) is 79.4 Å². The fraction of sp³-hybridized carbons (Fsp3) is 0.333. The van der Waals surface area contributed by atoms with E-state index in [1.54, 1.807) is 31.6 Å². The summed E-state index contributed by atoms with van der Waals surface area (Å²) < 4.78 is 26.1. The highest BCUT2D eigenvalue weighted by molar-refractivity contribution is 7.89. The van der Waals surface area contributed by atoms with Gasteiger partial charge in [-0.3, -0.25) is 9.78 Å². The molecule has 0 aliphatic heterocycles. The molecular formula is C18H23N3O3S. The van der Waals surface area contributed by atoms with Gasteiger partial charge in [0.2, 0.25) is 15.9 Å². The van der Waals surface area contributed by atoms with Crippen LogP contribution in [0, 0.1) is 0 Å². The van der Waals surface area contributed by atoms with Crippen LogP contribution in [0.15, 0.2) is 53.7 Å². The SMILES string of the molecule is CC(C)N(C)S(=O)(=O)c1ccc(NC(=O)CCc2cccnc2)cc1. The summed E-state index contributed by atoms with van der Waals surface area (Å²) in [7, 11) is -1.97. The van der Waals surface area contributed by atoms with Crippen LogP contribution >= 0.6 is 0 Å². The first kappa shape index (κ1) is 19.1. The van der Waals surface area contributed by atoms with Gasteiger partial charge in [0.1, 0.15) is 0 Å². The zero-order valence-electron chi connectivity index (χ0n) is 14.6. The number of carbonyl (C=O) groups excluding carboxylic acids is 1. The number of benzene rings is 1. The predicted molar refractivity (Wildman–Crippen MR) is 97.7 cm³/mol. The van der Waals surface area contributed by atoms with Gasteiger partial charge in [0, 0.05) is 37.6 Å². The molecule has 0 saturated carbocycles. The van der Waals surface area contributed by atoms with Gasteiger partial charge in [-0.05, 0) is 56.2 Å². The van der Waals surface area contributed by atoms with E-state index in [9.17, 15) is 13.2 Å². The highest BCUT2D eigenvalue weighted by Crippen LogP contribution is 2.19. The maximum atomic E-state index is 12.4. The van der Waals surface area contributed by atoms with Gasteiger partial charge in [0.05, 0.1) is 4.90 Å². The molecule has 2 rings (SSSR count). The fourth-order valence-corrected chi connectivity index (χ4v) is 3.55. The average molecular weight is 361 g/mol. The van der Waals surface area contributed by atoms with E-state index in [0.717, 1.165) is 5.56 Å². The van der Waals surface area contributed by atoms with Crippen LogP contribution < -0.4 is 5.32 Å². The first-order valence-electron chi connectivity index (χ1n) is 8.07. The largest absolute Gasteiger partial charge is 0.326 e. The van der Waals surface area contributed by atoms with E-state index < -0.39 is 10.0 Å². The molecule has 25 heavy (non-hydrogen) atoms. The van der Waals surface area contributed by atoms with Crippen LogP contribution in [0.4, 0.5) is 5.69 Å². The first-order chi connectivity index (χ1) is 11.8. The summed E-state index contributed by atoms with van der Waals surface area (Å²) >= 11 is 0. The number of hydrogen-bond donors (Lipinski definition) is 1. The summed E-state index contributed by atoms with van der Waals surface area (Å²) in [5, 5.41) is 2.78. The Hall–Kier alpha value is -2.25. The lowest BCUT2D eigenvalue weighted by Crippen LogP contribution is -2.33. The second-order valence-corrected chi connectivity index (χ2v) is 8.05. The van der Waals surface area contributed by atoms with Crippen molar-refractivity contribution in [3.8, 4) is 0 Å². The highest BCUT2D eigenvalue weighted by atomic mass is 32.2. The minimum Gasteiger partial charge on any atom is -0.326 e. The van der Waals surface area contributed by atoms with Crippen molar-refractivity contribution in [1.29, 1.82) is 0 Å². The van der Waals surface area contributed by atoms with Crippen molar-refractivity contribution in [2.45, 2.75) is 37.6 Å². The number of amides is 1. The smallest absolute Gasteiger partial charge is 0.243 e. The molecule has 0 unspecified atom stereocenters. The zero-order chi connectivity index (χ0) is 18.4. The number of aryl methyl sites for hydroxylation is 1. The standard InChI is InChI=1S/C18H23N3O3S/c1-14(2)21(3)25(23,24)17-9-7-16(8-10-17)20-18(22)11-6-15-5-4-12-19-13-15/h4-5,7-10,12-14H,6,11H2,1-3H3,(H,20,22).